The summed E-state index contributed by atoms with van der Waals surface area (Å²) in [5, 5.41) is 2.79. The number of nitrogens with one attached hydrogen (secondary N) is 1. The van der Waals surface area contributed by atoms with E-state index in [4.69, 9.17) is 0 Å². The summed E-state index contributed by atoms with van der Waals surface area (Å²) in [7, 11) is 0. The van der Waals surface area contributed by atoms with E-state index in [-0.39, 0.29) is 5.91 Å². The molecule has 2 heteroatoms. The Kier molecular flexibility index (Phi) is 2.90. The van der Waals surface area contributed by atoms with Gasteiger partial charge in [0.1, 0.15) is 0 Å². The SMILES string of the molecule is CC(=O)NCC1C=CC=CC1. The fraction of sp³-hybridized carbons (Fsp3) is 0.444. The van der Waals surface area contributed by atoms with E-state index in [1.165, 1.54) is 0 Å². The summed E-state index contributed by atoms with van der Waals surface area (Å²) in [6.45, 7) is 2.30. The van der Waals surface area contributed by atoms with Gasteiger partial charge in [0.2, 0.25) is 5.91 Å². The van der Waals surface area contributed by atoms with Crippen molar-refractivity contribution in [2.45, 2.75) is 13.3 Å². The fourth-order valence-electron chi connectivity index (χ4n) is 1.06. The van der Waals surface area contributed by atoms with E-state index in [0.29, 0.717) is 5.92 Å². The van der Waals surface area contributed by atoms with Gasteiger partial charge in [0.05, 0.1) is 0 Å². The summed E-state index contributed by atoms with van der Waals surface area (Å²) >= 11 is 0. The monoisotopic (exact) mass is 151 g/mol. The number of allylic oxidation sites excluding steroid dienone is 3. The minimum Gasteiger partial charge on any atom is -0.356 e. The smallest absolute Gasteiger partial charge is 0.216 e. The molecule has 1 unspecified atom stereocenters. The standard InChI is InChI=1S/C9H13NO/c1-8(11)10-7-9-5-3-2-4-6-9/h2-5,9H,6-7H2,1H3,(H,10,11). The van der Waals surface area contributed by atoms with Crippen molar-refractivity contribution in [2.75, 3.05) is 6.54 Å². The second kappa shape index (κ2) is 3.96. The highest BCUT2D eigenvalue weighted by Crippen LogP contribution is 2.09. The maximum Gasteiger partial charge on any atom is 0.216 e. The summed E-state index contributed by atoms with van der Waals surface area (Å²) in [4.78, 5) is 10.5. The summed E-state index contributed by atoms with van der Waals surface area (Å²) < 4.78 is 0. The summed E-state index contributed by atoms with van der Waals surface area (Å²) in [5.41, 5.74) is 0. The summed E-state index contributed by atoms with van der Waals surface area (Å²) in [5.74, 6) is 0.539. The minimum absolute atomic E-state index is 0.0490. The third kappa shape index (κ3) is 3.03. The van der Waals surface area contributed by atoms with E-state index in [1.54, 1.807) is 6.92 Å². The van der Waals surface area contributed by atoms with E-state index >= 15 is 0 Å². The zero-order valence-corrected chi connectivity index (χ0v) is 6.71. The van der Waals surface area contributed by atoms with E-state index < -0.39 is 0 Å². The second-order valence-corrected chi connectivity index (χ2v) is 2.75. The average Bonchev–Trinajstić information content (AvgIpc) is 2.03. The molecular formula is C9H13NO. The van der Waals surface area contributed by atoms with E-state index in [1.807, 2.05) is 12.2 Å². The Morgan fingerprint density at radius 3 is 3.00 bits per heavy atom. The molecule has 1 amide bonds. The molecule has 0 aromatic carbocycles. The van der Waals surface area contributed by atoms with Crippen LogP contribution in [0.1, 0.15) is 13.3 Å². The van der Waals surface area contributed by atoms with Gasteiger partial charge in [-0.25, -0.2) is 0 Å². The van der Waals surface area contributed by atoms with Crippen molar-refractivity contribution in [2.24, 2.45) is 5.92 Å². The molecule has 0 fully saturated rings. The molecule has 60 valence electrons. The van der Waals surface area contributed by atoms with E-state index in [9.17, 15) is 4.79 Å². The predicted octanol–water partition coefficient (Wildman–Crippen LogP) is 1.25. The first-order valence-corrected chi connectivity index (χ1v) is 3.87. The van der Waals surface area contributed by atoms with Crippen LogP contribution in [0.2, 0.25) is 0 Å². The van der Waals surface area contributed by atoms with Crippen molar-refractivity contribution in [1.82, 2.24) is 5.32 Å². The normalized spacial score (nSPS) is 21.7. The Hall–Kier alpha value is -1.05. The van der Waals surface area contributed by atoms with Gasteiger partial charge < -0.3 is 5.32 Å². The molecule has 0 spiro atoms. The van der Waals surface area contributed by atoms with Crippen LogP contribution in [0.15, 0.2) is 24.3 Å². The van der Waals surface area contributed by atoms with Gasteiger partial charge in [-0.05, 0) is 12.3 Å². The van der Waals surface area contributed by atoms with Gasteiger partial charge >= 0.3 is 0 Å². The highest BCUT2D eigenvalue weighted by Gasteiger charge is 2.04. The quantitative estimate of drug-likeness (QED) is 0.632. The van der Waals surface area contributed by atoms with Crippen LogP contribution in [0, 0.1) is 5.92 Å². The molecule has 0 heterocycles. The fourth-order valence-corrected chi connectivity index (χ4v) is 1.06. The zero-order chi connectivity index (χ0) is 8.10. The lowest BCUT2D eigenvalue weighted by molar-refractivity contribution is -0.119. The van der Waals surface area contributed by atoms with Crippen molar-refractivity contribution in [3.63, 3.8) is 0 Å². The van der Waals surface area contributed by atoms with Gasteiger partial charge in [-0.1, -0.05) is 24.3 Å². The van der Waals surface area contributed by atoms with Gasteiger partial charge in [-0.15, -0.1) is 0 Å². The molecule has 1 atom stereocenters. The molecule has 0 saturated heterocycles. The average molecular weight is 151 g/mol. The Morgan fingerprint density at radius 1 is 1.64 bits per heavy atom. The summed E-state index contributed by atoms with van der Waals surface area (Å²) in [6, 6.07) is 0. The van der Waals surface area contributed by atoms with Crippen LogP contribution in [0.25, 0.3) is 0 Å². The zero-order valence-electron chi connectivity index (χ0n) is 6.71. The van der Waals surface area contributed by atoms with Gasteiger partial charge in [-0.3, -0.25) is 4.79 Å². The lowest BCUT2D eigenvalue weighted by Crippen LogP contribution is -2.26. The van der Waals surface area contributed by atoms with Crippen LogP contribution in [-0.2, 0) is 4.79 Å². The molecule has 1 aliphatic carbocycles. The second-order valence-electron chi connectivity index (χ2n) is 2.75. The molecule has 1 N–H and O–H groups in total. The maximum atomic E-state index is 10.5. The van der Waals surface area contributed by atoms with Crippen LogP contribution in [-0.4, -0.2) is 12.5 Å². The Balaban J connectivity index is 2.22. The third-order valence-corrected chi connectivity index (χ3v) is 1.68. The van der Waals surface area contributed by atoms with Gasteiger partial charge in [0.15, 0.2) is 0 Å². The molecule has 0 radical (unpaired) electrons. The molecule has 0 aromatic heterocycles. The molecule has 1 rings (SSSR count). The first-order chi connectivity index (χ1) is 5.29. The number of carbonyl (C=O) groups excluding carboxylic acids is 1. The van der Waals surface area contributed by atoms with Crippen LogP contribution in [0.5, 0.6) is 0 Å². The molecular weight excluding hydrogens is 138 g/mol. The topological polar surface area (TPSA) is 29.1 Å². The lowest BCUT2D eigenvalue weighted by atomic mass is 10.0. The van der Waals surface area contributed by atoms with Crippen molar-refractivity contribution in [3.05, 3.63) is 24.3 Å². The third-order valence-electron chi connectivity index (χ3n) is 1.68. The molecule has 0 saturated carbocycles. The van der Waals surface area contributed by atoms with Crippen molar-refractivity contribution in [1.29, 1.82) is 0 Å². The molecule has 0 bridgehead atoms. The molecule has 11 heavy (non-hydrogen) atoms. The van der Waals surface area contributed by atoms with Crippen LogP contribution >= 0.6 is 0 Å². The molecule has 2 nitrogen and oxygen atoms in total. The van der Waals surface area contributed by atoms with Gasteiger partial charge in [0.25, 0.3) is 0 Å². The largest absolute Gasteiger partial charge is 0.356 e. The van der Waals surface area contributed by atoms with Crippen LogP contribution in [0.3, 0.4) is 0 Å². The Labute approximate surface area is 67.0 Å². The van der Waals surface area contributed by atoms with Crippen molar-refractivity contribution >= 4 is 5.91 Å². The summed E-state index contributed by atoms with van der Waals surface area (Å²) in [6.07, 6.45) is 9.33. The molecule has 0 aromatic rings. The minimum atomic E-state index is 0.0490. The highest BCUT2D eigenvalue weighted by molar-refractivity contribution is 5.72. The van der Waals surface area contributed by atoms with E-state index in [2.05, 4.69) is 17.5 Å². The number of carbonyl (C=O) groups is 1. The Morgan fingerprint density at radius 2 is 2.45 bits per heavy atom. The van der Waals surface area contributed by atoms with Crippen LogP contribution < -0.4 is 5.32 Å². The van der Waals surface area contributed by atoms with Crippen molar-refractivity contribution < 1.29 is 4.79 Å². The molecule has 0 aliphatic heterocycles. The molecule has 1 aliphatic rings. The lowest BCUT2D eigenvalue weighted by Gasteiger charge is -2.12. The number of amides is 1. The first kappa shape index (κ1) is 8.05. The maximum absolute atomic E-state index is 10.5. The number of hydrogen-bond donors (Lipinski definition) is 1. The van der Waals surface area contributed by atoms with Gasteiger partial charge in [-0.2, -0.15) is 0 Å². The van der Waals surface area contributed by atoms with Gasteiger partial charge in [0, 0.05) is 13.5 Å². The predicted molar refractivity (Wildman–Crippen MR) is 45.1 cm³/mol. The highest BCUT2D eigenvalue weighted by atomic mass is 16.1. The number of hydrogen-bond acceptors (Lipinski definition) is 1. The first-order valence-electron chi connectivity index (χ1n) is 3.87. The van der Waals surface area contributed by atoms with E-state index in [0.717, 1.165) is 13.0 Å². The van der Waals surface area contributed by atoms with Crippen LogP contribution in [0.4, 0.5) is 0 Å². The Bertz CT molecular complexity index is 194. The number of rotatable bonds is 2. The van der Waals surface area contributed by atoms with Crippen molar-refractivity contribution in [3.8, 4) is 0 Å².